The Kier molecular flexibility index (Phi) is 4.66. The van der Waals surface area contributed by atoms with Crippen LogP contribution in [0, 0.1) is 5.82 Å². The molecule has 6 nitrogen and oxygen atoms in total. The molecule has 0 radical (unpaired) electrons. The van der Waals surface area contributed by atoms with Crippen molar-refractivity contribution in [2.75, 3.05) is 19.6 Å². The van der Waals surface area contributed by atoms with Gasteiger partial charge in [0, 0.05) is 25.7 Å². The number of rotatable bonds is 4. The van der Waals surface area contributed by atoms with Gasteiger partial charge in [-0.1, -0.05) is 19.4 Å². The third-order valence-electron chi connectivity index (χ3n) is 3.94. The zero-order valence-electron chi connectivity index (χ0n) is 13.1. The highest BCUT2D eigenvalue weighted by atomic mass is 19.1. The smallest absolute Gasteiger partial charge is 0.293 e. The highest BCUT2D eigenvalue weighted by Crippen LogP contribution is 2.11. The Morgan fingerprint density at radius 3 is 3.13 bits per heavy atom. The molecule has 122 valence electrons. The van der Waals surface area contributed by atoms with Gasteiger partial charge in [0.15, 0.2) is 0 Å². The Bertz CT molecular complexity index is 685. The van der Waals surface area contributed by atoms with Crippen molar-refractivity contribution in [2.24, 2.45) is 0 Å². The predicted octanol–water partition coefficient (Wildman–Crippen LogP) is 1.62. The van der Waals surface area contributed by atoms with Crippen LogP contribution in [0.5, 0.6) is 0 Å². The summed E-state index contributed by atoms with van der Waals surface area (Å²) >= 11 is 0. The van der Waals surface area contributed by atoms with E-state index in [4.69, 9.17) is 0 Å². The van der Waals surface area contributed by atoms with Gasteiger partial charge in [-0.2, -0.15) is 0 Å². The molecule has 1 saturated heterocycles. The first-order chi connectivity index (χ1) is 11.2. The highest BCUT2D eigenvalue weighted by molar-refractivity contribution is 5.90. The number of benzene rings is 1. The quantitative estimate of drug-likeness (QED) is 0.931. The molecule has 0 aliphatic carbocycles. The molecule has 2 heterocycles. The van der Waals surface area contributed by atoms with Crippen LogP contribution in [0.25, 0.3) is 5.69 Å². The van der Waals surface area contributed by atoms with Crippen molar-refractivity contribution >= 4 is 5.91 Å². The van der Waals surface area contributed by atoms with Crippen LogP contribution in [0.15, 0.2) is 30.6 Å². The Balaban J connectivity index is 1.73. The lowest BCUT2D eigenvalue weighted by Crippen LogP contribution is -2.52. The number of aromatic nitrogens is 3. The van der Waals surface area contributed by atoms with Gasteiger partial charge in [0.25, 0.3) is 5.91 Å². The number of halogens is 1. The van der Waals surface area contributed by atoms with Gasteiger partial charge in [0.05, 0.1) is 5.69 Å². The Morgan fingerprint density at radius 2 is 2.35 bits per heavy atom. The van der Waals surface area contributed by atoms with Gasteiger partial charge >= 0.3 is 0 Å². The Labute approximate surface area is 134 Å². The summed E-state index contributed by atoms with van der Waals surface area (Å²) in [6, 6.07) is 6.35. The molecule has 1 amide bonds. The van der Waals surface area contributed by atoms with Crippen molar-refractivity contribution in [1.82, 2.24) is 25.0 Å². The number of amides is 1. The third-order valence-corrected chi connectivity index (χ3v) is 3.94. The fraction of sp³-hybridized carbons (Fsp3) is 0.438. The first kappa shape index (κ1) is 15.6. The lowest BCUT2D eigenvalue weighted by molar-refractivity contribution is 0.0687. The summed E-state index contributed by atoms with van der Waals surface area (Å²) in [4.78, 5) is 18.4. The van der Waals surface area contributed by atoms with Crippen molar-refractivity contribution < 1.29 is 9.18 Å². The van der Waals surface area contributed by atoms with Crippen LogP contribution < -0.4 is 5.32 Å². The topological polar surface area (TPSA) is 63.1 Å². The molecule has 7 heteroatoms. The van der Waals surface area contributed by atoms with E-state index in [1.54, 1.807) is 17.0 Å². The average molecular weight is 317 g/mol. The highest BCUT2D eigenvalue weighted by Gasteiger charge is 2.26. The predicted molar refractivity (Wildman–Crippen MR) is 83.9 cm³/mol. The van der Waals surface area contributed by atoms with E-state index < -0.39 is 0 Å². The van der Waals surface area contributed by atoms with Gasteiger partial charge in [0.1, 0.15) is 12.1 Å². The average Bonchev–Trinajstić information content (AvgIpc) is 3.05. The van der Waals surface area contributed by atoms with Crippen molar-refractivity contribution in [3.63, 3.8) is 0 Å². The van der Waals surface area contributed by atoms with Crippen molar-refractivity contribution in [3.8, 4) is 5.69 Å². The molecule has 0 saturated carbocycles. The molecule has 0 bridgehead atoms. The van der Waals surface area contributed by atoms with Crippen LogP contribution in [0.4, 0.5) is 4.39 Å². The molecule has 1 aliphatic heterocycles. The molecule has 2 aromatic rings. The van der Waals surface area contributed by atoms with Crippen molar-refractivity contribution in [3.05, 3.63) is 42.2 Å². The molecule has 1 aromatic carbocycles. The molecule has 1 aliphatic rings. The first-order valence-electron chi connectivity index (χ1n) is 7.87. The largest absolute Gasteiger partial charge is 0.333 e. The maximum absolute atomic E-state index is 13.3. The Hall–Kier alpha value is -2.28. The second-order valence-electron chi connectivity index (χ2n) is 5.68. The number of nitrogens with zero attached hydrogens (tertiary/aromatic N) is 4. The summed E-state index contributed by atoms with van der Waals surface area (Å²) in [6.07, 6.45) is 3.55. The van der Waals surface area contributed by atoms with Gasteiger partial charge in [-0.3, -0.25) is 4.79 Å². The van der Waals surface area contributed by atoms with Crippen LogP contribution in [-0.4, -0.2) is 51.2 Å². The maximum Gasteiger partial charge on any atom is 0.293 e. The zero-order chi connectivity index (χ0) is 16.2. The molecular formula is C16H20FN5O. The summed E-state index contributed by atoms with van der Waals surface area (Å²) < 4.78 is 14.7. The maximum atomic E-state index is 13.3. The fourth-order valence-corrected chi connectivity index (χ4v) is 2.80. The summed E-state index contributed by atoms with van der Waals surface area (Å²) in [6.45, 7) is 4.22. The zero-order valence-corrected chi connectivity index (χ0v) is 13.1. The molecular weight excluding hydrogens is 297 g/mol. The van der Waals surface area contributed by atoms with Crippen molar-refractivity contribution in [2.45, 2.75) is 25.8 Å². The van der Waals surface area contributed by atoms with Crippen LogP contribution in [0.3, 0.4) is 0 Å². The molecule has 1 atom stereocenters. The van der Waals surface area contributed by atoms with E-state index in [0.29, 0.717) is 24.8 Å². The lowest BCUT2D eigenvalue weighted by atomic mass is 10.1. The van der Waals surface area contributed by atoms with Gasteiger partial charge in [-0.05, 0) is 24.6 Å². The van der Waals surface area contributed by atoms with Crippen LogP contribution in [0.1, 0.15) is 30.4 Å². The van der Waals surface area contributed by atoms with E-state index in [-0.39, 0.29) is 17.5 Å². The summed E-state index contributed by atoms with van der Waals surface area (Å²) in [5.41, 5.74) is 0.542. The molecule has 1 N–H and O–H groups in total. The lowest BCUT2D eigenvalue weighted by Gasteiger charge is -2.33. The number of hydrogen-bond acceptors (Lipinski definition) is 4. The van der Waals surface area contributed by atoms with Gasteiger partial charge in [-0.25, -0.2) is 14.1 Å². The van der Waals surface area contributed by atoms with Crippen LogP contribution in [0.2, 0.25) is 0 Å². The van der Waals surface area contributed by atoms with E-state index in [2.05, 4.69) is 22.3 Å². The summed E-state index contributed by atoms with van der Waals surface area (Å²) in [5, 5.41) is 7.61. The second-order valence-corrected chi connectivity index (χ2v) is 5.68. The number of nitrogens with one attached hydrogen (secondary N) is 1. The van der Waals surface area contributed by atoms with E-state index in [1.807, 2.05) is 0 Å². The Morgan fingerprint density at radius 1 is 1.48 bits per heavy atom. The molecule has 23 heavy (non-hydrogen) atoms. The molecule has 1 aromatic heterocycles. The van der Waals surface area contributed by atoms with Crippen LogP contribution >= 0.6 is 0 Å². The standard InChI is InChI=1S/C16H20FN5O/c1-2-4-13-10-21(8-7-18-13)16(23)15-19-11-22(20-15)14-6-3-5-12(17)9-14/h3,5-6,9,11,13,18H,2,4,7-8,10H2,1H3/t13-/m0/s1. The molecule has 0 unspecified atom stereocenters. The van der Waals surface area contributed by atoms with Gasteiger partial charge in [-0.15, -0.1) is 5.10 Å². The third kappa shape index (κ3) is 3.56. The minimum atomic E-state index is -0.351. The summed E-state index contributed by atoms with van der Waals surface area (Å²) in [7, 11) is 0. The molecule has 1 fully saturated rings. The number of hydrogen-bond donors (Lipinski definition) is 1. The fourth-order valence-electron chi connectivity index (χ4n) is 2.80. The minimum absolute atomic E-state index is 0.145. The van der Waals surface area contributed by atoms with Crippen LogP contribution in [-0.2, 0) is 0 Å². The molecule has 3 rings (SSSR count). The van der Waals surface area contributed by atoms with Gasteiger partial charge < -0.3 is 10.2 Å². The monoisotopic (exact) mass is 317 g/mol. The normalized spacial score (nSPS) is 18.2. The number of carbonyl (C=O) groups excluding carboxylic acids is 1. The second kappa shape index (κ2) is 6.87. The van der Waals surface area contributed by atoms with Crippen molar-refractivity contribution in [1.29, 1.82) is 0 Å². The van der Waals surface area contributed by atoms with E-state index in [9.17, 15) is 9.18 Å². The first-order valence-corrected chi connectivity index (χ1v) is 7.87. The molecule has 0 spiro atoms. The minimum Gasteiger partial charge on any atom is -0.333 e. The van der Waals surface area contributed by atoms with Gasteiger partial charge in [0.2, 0.25) is 5.82 Å². The van der Waals surface area contributed by atoms with E-state index >= 15 is 0 Å². The number of carbonyl (C=O) groups is 1. The number of piperazine rings is 1. The SMILES string of the molecule is CCC[C@H]1CN(C(=O)c2ncn(-c3cccc(F)c3)n2)CCN1. The summed E-state index contributed by atoms with van der Waals surface area (Å²) in [5.74, 6) is -0.385. The van der Waals surface area contributed by atoms with E-state index in [1.165, 1.54) is 23.1 Å². The van der Waals surface area contributed by atoms with E-state index in [0.717, 1.165) is 19.4 Å².